The normalized spacial score (nSPS) is 8.17. The van der Waals surface area contributed by atoms with E-state index in [1.165, 1.54) is 6.42 Å². The molecule has 0 atom stereocenters. The van der Waals surface area contributed by atoms with Crippen molar-refractivity contribution in [1.82, 2.24) is 0 Å². The monoisotopic (exact) mass is 103 g/mol. The molecule has 0 unspecified atom stereocenters. The molecule has 0 saturated heterocycles. The second-order valence-electron chi connectivity index (χ2n) is 1.21. The van der Waals surface area contributed by atoms with Crippen molar-refractivity contribution in [3.05, 3.63) is 0 Å². The molecule has 36 valence electrons. The van der Waals surface area contributed by atoms with Crippen molar-refractivity contribution < 1.29 is 0 Å². The lowest BCUT2D eigenvalue weighted by molar-refractivity contribution is 0.815. The second-order valence-corrected chi connectivity index (χ2v) is 1.46. The maximum Gasteiger partial charge on any atom is 0.0520 e. The Morgan fingerprint density at radius 2 is 2.33 bits per heavy atom. The summed E-state index contributed by atoms with van der Waals surface area (Å²) >= 11 is 4.34. The zero-order valence-corrected chi connectivity index (χ0v) is 4.79. The minimum atomic E-state index is 0.853. The minimum Gasteiger partial charge on any atom is -0.220 e. The first kappa shape index (κ1) is 6.02. The van der Waals surface area contributed by atoms with Crippen LogP contribution in [-0.2, 0) is 12.4 Å². The van der Waals surface area contributed by atoms with Crippen molar-refractivity contribution in [2.45, 2.75) is 19.8 Å². The molecule has 0 fully saturated rings. The molecule has 0 aliphatic heterocycles. The zero-order valence-electron chi connectivity index (χ0n) is 3.98. The second kappa shape index (κ2) is 5.02. The van der Waals surface area contributed by atoms with Crippen LogP contribution in [0.5, 0.6) is 0 Å². The summed E-state index contributed by atoms with van der Waals surface area (Å²) in [5.74, 6) is 0. The number of rotatable bonds is 3. The van der Waals surface area contributed by atoms with Crippen LogP contribution in [0.3, 0.4) is 0 Å². The summed E-state index contributed by atoms with van der Waals surface area (Å²) in [6.45, 7) is 2.98. The van der Waals surface area contributed by atoms with E-state index >= 15 is 0 Å². The molecule has 1 nitrogen and oxygen atoms in total. The minimum absolute atomic E-state index is 0.853. The van der Waals surface area contributed by atoms with Crippen molar-refractivity contribution in [3.8, 4) is 0 Å². The van der Waals surface area contributed by atoms with Crippen LogP contribution < -0.4 is 0 Å². The highest BCUT2D eigenvalue weighted by Gasteiger charge is 1.73. The van der Waals surface area contributed by atoms with Gasteiger partial charge in [0.25, 0.3) is 0 Å². The van der Waals surface area contributed by atoms with E-state index in [-0.39, 0.29) is 0 Å². The molecule has 2 heteroatoms. The molecule has 0 aliphatic carbocycles. The van der Waals surface area contributed by atoms with Gasteiger partial charge in [0.05, 0.1) is 6.54 Å². The number of unbranched alkanes of at least 4 members (excludes halogenated alkanes) is 1. The lowest BCUT2D eigenvalue weighted by atomic mass is 10.3. The van der Waals surface area contributed by atoms with Crippen molar-refractivity contribution in [3.63, 3.8) is 0 Å². The van der Waals surface area contributed by atoms with E-state index in [0.29, 0.717) is 0 Å². The SMILES string of the molecule is CCCCN=S. The summed E-state index contributed by atoms with van der Waals surface area (Å²) in [4.78, 5) is 0. The molecule has 0 saturated carbocycles. The van der Waals surface area contributed by atoms with E-state index < -0.39 is 0 Å². The third-order valence-electron chi connectivity index (χ3n) is 0.603. The highest BCUT2D eigenvalue weighted by atomic mass is 32.1. The molecule has 0 spiro atoms. The van der Waals surface area contributed by atoms with Gasteiger partial charge in [-0.2, -0.15) is 0 Å². The zero-order chi connectivity index (χ0) is 4.83. The number of hydrogen-bond acceptors (Lipinski definition) is 2. The van der Waals surface area contributed by atoms with Gasteiger partial charge in [-0.25, -0.2) is 4.36 Å². The summed E-state index contributed by atoms with van der Waals surface area (Å²) in [5.41, 5.74) is 0. The van der Waals surface area contributed by atoms with E-state index in [2.05, 4.69) is 23.7 Å². The van der Waals surface area contributed by atoms with Gasteiger partial charge in [0, 0.05) is 12.4 Å². The van der Waals surface area contributed by atoms with Crippen molar-refractivity contribution in [2.24, 2.45) is 4.36 Å². The molecule has 0 aliphatic rings. The Hall–Kier alpha value is 0.0200. The predicted molar refractivity (Wildman–Crippen MR) is 29.6 cm³/mol. The lowest BCUT2D eigenvalue weighted by Gasteiger charge is -1.80. The Balaban J connectivity index is 2.49. The molecule has 0 heterocycles. The van der Waals surface area contributed by atoms with E-state index in [9.17, 15) is 0 Å². The highest BCUT2D eigenvalue weighted by molar-refractivity contribution is 7.47. The largest absolute Gasteiger partial charge is 0.220 e. The number of nitrogens with zero attached hydrogens (tertiary/aromatic N) is 1. The smallest absolute Gasteiger partial charge is 0.0520 e. The van der Waals surface area contributed by atoms with Gasteiger partial charge in [0.2, 0.25) is 0 Å². The summed E-state index contributed by atoms with van der Waals surface area (Å²) in [7, 11) is 0. The first-order valence-corrected chi connectivity index (χ1v) is 2.57. The van der Waals surface area contributed by atoms with Crippen LogP contribution in [0.2, 0.25) is 0 Å². The molecular formula is C4H9NS. The molecule has 0 aromatic carbocycles. The van der Waals surface area contributed by atoms with Crippen LogP contribution in [0.15, 0.2) is 4.36 Å². The Labute approximate surface area is 43.9 Å². The van der Waals surface area contributed by atoms with Crippen LogP contribution in [0.1, 0.15) is 19.8 Å². The first-order valence-electron chi connectivity index (χ1n) is 2.21. The van der Waals surface area contributed by atoms with E-state index in [1.807, 2.05) is 0 Å². The topological polar surface area (TPSA) is 12.4 Å². The van der Waals surface area contributed by atoms with Gasteiger partial charge in [-0.15, -0.1) is 0 Å². The molecule has 0 N–H and O–H groups in total. The summed E-state index contributed by atoms with van der Waals surface area (Å²) in [5, 5.41) is 0. The lowest BCUT2D eigenvalue weighted by Crippen LogP contribution is -1.72. The fourth-order valence-electron chi connectivity index (χ4n) is 0.223. The quantitative estimate of drug-likeness (QED) is 0.493. The maximum atomic E-state index is 4.34. The van der Waals surface area contributed by atoms with E-state index in [4.69, 9.17) is 0 Å². The molecule has 0 rings (SSSR count). The molecule has 0 amide bonds. The van der Waals surface area contributed by atoms with Crippen LogP contribution in [0, 0.1) is 0 Å². The summed E-state index contributed by atoms with van der Waals surface area (Å²) < 4.78 is 3.51. The van der Waals surface area contributed by atoms with Gasteiger partial charge in [-0.3, -0.25) is 0 Å². The highest BCUT2D eigenvalue weighted by Crippen LogP contribution is 1.83. The fourth-order valence-corrected chi connectivity index (χ4v) is 0.352. The van der Waals surface area contributed by atoms with Gasteiger partial charge in [0.1, 0.15) is 0 Å². The van der Waals surface area contributed by atoms with Gasteiger partial charge in [-0.1, -0.05) is 13.3 Å². The average molecular weight is 103 g/mol. The third kappa shape index (κ3) is 4.02. The Morgan fingerprint density at radius 1 is 1.67 bits per heavy atom. The summed E-state index contributed by atoms with van der Waals surface area (Å²) in [6, 6.07) is 0. The van der Waals surface area contributed by atoms with Crippen molar-refractivity contribution in [1.29, 1.82) is 0 Å². The van der Waals surface area contributed by atoms with Crippen LogP contribution in [0.4, 0.5) is 0 Å². The average Bonchev–Trinajstić information content (AvgIpc) is 1.61. The molecule has 0 aromatic rings. The van der Waals surface area contributed by atoms with Gasteiger partial charge in [-0.05, 0) is 6.42 Å². The third-order valence-corrected chi connectivity index (χ3v) is 0.786. The Kier molecular flexibility index (Phi) is 5.04. The maximum absolute atomic E-state index is 4.34. The van der Waals surface area contributed by atoms with Crippen molar-refractivity contribution in [2.75, 3.05) is 6.54 Å². The Bertz CT molecular complexity index is 36.5. The predicted octanol–water partition coefficient (Wildman–Crippen LogP) is 1.52. The van der Waals surface area contributed by atoms with Gasteiger partial charge >= 0.3 is 0 Å². The standard InChI is InChI=1S/C4H9NS/c1-2-3-4-5-6/h2-4H2,1H3. The molecule has 0 radical (unpaired) electrons. The van der Waals surface area contributed by atoms with E-state index in [1.54, 1.807) is 0 Å². The molecule has 0 bridgehead atoms. The van der Waals surface area contributed by atoms with Gasteiger partial charge < -0.3 is 0 Å². The first-order chi connectivity index (χ1) is 2.91. The van der Waals surface area contributed by atoms with Crippen LogP contribution in [0.25, 0.3) is 0 Å². The van der Waals surface area contributed by atoms with Gasteiger partial charge in [0.15, 0.2) is 0 Å². The Morgan fingerprint density at radius 3 is 2.50 bits per heavy atom. The molecule has 6 heavy (non-hydrogen) atoms. The van der Waals surface area contributed by atoms with Crippen LogP contribution >= 0.6 is 0 Å². The van der Waals surface area contributed by atoms with Crippen LogP contribution in [-0.4, -0.2) is 6.54 Å². The molecule has 0 aromatic heterocycles. The van der Waals surface area contributed by atoms with E-state index in [0.717, 1.165) is 13.0 Å². The van der Waals surface area contributed by atoms with Crippen molar-refractivity contribution >= 4 is 12.4 Å². The summed E-state index contributed by atoms with van der Waals surface area (Å²) in [6.07, 6.45) is 2.34. The fraction of sp³-hybridized carbons (Fsp3) is 1.00. The number of hydrogen-bond donors (Lipinski definition) is 0. The molecular weight excluding hydrogens is 94.1 g/mol.